The van der Waals surface area contributed by atoms with Gasteiger partial charge in [-0.15, -0.1) is 0 Å². The summed E-state index contributed by atoms with van der Waals surface area (Å²) >= 11 is 0. The van der Waals surface area contributed by atoms with Crippen LogP contribution in [0.2, 0.25) is 0 Å². The molecule has 0 saturated heterocycles. The molecule has 6 heteroatoms. The molecule has 0 aliphatic heterocycles. The minimum Gasteiger partial charge on any atom is -0.454 e. The Morgan fingerprint density at radius 2 is 1.76 bits per heavy atom. The highest BCUT2D eigenvalue weighted by Gasteiger charge is 2.27. The van der Waals surface area contributed by atoms with E-state index in [0.717, 1.165) is 25.7 Å². The largest absolute Gasteiger partial charge is 0.454 e. The molecule has 0 unspecified atom stereocenters. The summed E-state index contributed by atoms with van der Waals surface area (Å²) in [5.41, 5.74) is 0.472. The molecule has 136 valence electrons. The normalized spacial score (nSPS) is 15.6. The number of esters is 1. The summed E-state index contributed by atoms with van der Waals surface area (Å²) in [7, 11) is 0. The van der Waals surface area contributed by atoms with Crippen LogP contribution in [0.25, 0.3) is 0 Å². The summed E-state index contributed by atoms with van der Waals surface area (Å²) < 4.78 is 5.11. The van der Waals surface area contributed by atoms with Crippen LogP contribution < -0.4 is 10.6 Å². The molecule has 0 bridgehead atoms. The van der Waals surface area contributed by atoms with E-state index < -0.39 is 12.0 Å². The zero-order valence-corrected chi connectivity index (χ0v) is 14.8. The molecule has 6 nitrogen and oxygen atoms in total. The van der Waals surface area contributed by atoms with Crippen LogP contribution in [-0.4, -0.2) is 36.5 Å². The number of amides is 2. The molecule has 0 radical (unpaired) electrons. The zero-order chi connectivity index (χ0) is 18.2. The van der Waals surface area contributed by atoms with E-state index in [2.05, 4.69) is 10.6 Å². The van der Waals surface area contributed by atoms with Gasteiger partial charge >= 0.3 is 5.97 Å². The van der Waals surface area contributed by atoms with E-state index >= 15 is 0 Å². The Morgan fingerprint density at radius 3 is 2.36 bits per heavy atom. The maximum Gasteiger partial charge on any atom is 0.329 e. The van der Waals surface area contributed by atoms with Crippen LogP contribution in [-0.2, 0) is 14.3 Å². The van der Waals surface area contributed by atoms with E-state index in [9.17, 15) is 14.4 Å². The molecule has 2 N–H and O–H groups in total. The van der Waals surface area contributed by atoms with Gasteiger partial charge in [0.25, 0.3) is 11.8 Å². The van der Waals surface area contributed by atoms with E-state index in [-0.39, 0.29) is 30.4 Å². The lowest BCUT2D eigenvalue weighted by molar-refractivity contribution is -0.151. The van der Waals surface area contributed by atoms with Gasteiger partial charge in [-0.05, 0) is 30.9 Å². The van der Waals surface area contributed by atoms with E-state index in [4.69, 9.17) is 4.74 Å². The Hall–Kier alpha value is -2.37. The van der Waals surface area contributed by atoms with Crippen LogP contribution in [0.5, 0.6) is 0 Å². The highest BCUT2D eigenvalue weighted by molar-refractivity contribution is 5.97. The fourth-order valence-electron chi connectivity index (χ4n) is 2.88. The third kappa shape index (κ3) is 5.89. The van der Waals surface area contributed by atoms with Gasteiger partial charge in [-0.1, -0.05) is 44.9 Å². The van der Waals surface area contributed by atoms with Gasteiger partial charge < -0.3 is 15.4 Å². The molecule has 2 rings (SSSR count). The van der Waals surface area contributed by atoms with Crippen molar-refractivity contribution in [3.05, 3.63) is 35.9 Å². The molecule has 1 aliphatic rings. The summed E-state index contributed by atoms with van der Waals surface area (Å²) in [5, 5.41) is 5.55. The molecule has 1 atom stereocenters. The van der Waals surface area contributed by atoms with Crippen molar-refractivity contribution in [2.75, 3.05) is 6.61 Å². The number of hydrogen-bond acceptors (Lipinski definition) is 4. The SMILES string of the molecule is CC(C)[C@@H](NC(=O)c1ccccc1)C(=O)OCC(=O)NC1CCCC1. The molecule has 1 fully saturated rings. The Bertz CT molecular complexity index is 595. The quantitative estimate of drug-likeness (QED) is 0.740. The Morgan fingerprint density at radius 1 is 1.12 bits per heavy atom. The summed E-state index contributed by atoms with van der Waals surface area (Å²) in [4.78, 5) is 36.4. The summed E-state index contributed by atoms with van der Waals surface area (Å²) in [6.45, 7) is 3.31. The number of hydrogen-bond donors (Lipinski definition) is 2. The third-order valence-electron chi connectivity index (χ3n) is 4.31. The monoisotopic (exact) mass is 346 g/mol. The number of carbonyl (C=O) groups excluding carboxylic acids is 3. The highest BCUT2D eigenvalue weighted by Crippen LogP contribution is 2.17. The lowest BCUT2D eigenvalue weighted by Crippen LogP contribution is -2.46. The molecule has 1 aliphatic carbocycles. The van der Waals surface area contributed by atoms with Crippen LogP contribution in [0.4, 0.5) is 0 Å². The van der Waals surface area contributed by atoms with Crippen LogP contribution in [0.1, 0.15) is 49.9 Å². The van der Waals surface area contributed by atoms with Gasteiger partial charge in [0.1, 0.15) is 6.04 Å². The average Bonchev–Trinajstić information content (AvgIpc) is 3.10. The van der Waals surface area contributed by atoms with E-state index in [1.165, 1.54) is 0 Å². The maximum absolute atomic E-state index is 12.3. The number of ether oxygens (including phenoxy) is 1. The predicted molar refractivity (Wildman–Crippen MR) is 93.9 cm³/mol. The van der Waals surface area contributed by atoms with Crippen molar-refractivity contribution in [3.8, 4) is 0 Å². The van der Waals surface area contributed by atoms with Gasteiger partial charge in [0.05, 0.1) is 0 Å². The van der Waals surface area contributed by atoms with Crippen LogP contribution in [0, 0.1) is 5.92 Å². The zero-order valence-electron chi connectivity index (χ0n) is 14.8. The summed E-state index contributed by atoms with van der Waals surface area (Å²) in [6.07, 6.45) is 4.18. The van der Waals surface area contributed by atoms with E-state index in [1.807, 2.05) is 19.9 Å². The second-order valence-corrected chi connectivity index (χ2v) is 6.72. The minimum absolute atomic E-state index is 0.155. The van der Waals surface area contributed by atoms with Gasteiger partial charge in [-0.25, -0.2) is 4.79 Å². The molecular formula is C19H26N2O4. The fourth-order valence-corrected chi connectivity index (χ4v) is 2.88. The van der Waals surface area contributed by atoms with Gasteiger partial charge in [0.2, 0.25) is 0 Å². The first-order valence-corrected chi connectivity index (χ1v) is 8.79. The van der Waals surface area contributed by atoms with Crippen LogP contribution >= 0.6 is 0 Å². The van der Waals surface area contributed by atoms with Crippen molar-refractivity contribution in [1.82, 2.24) is 10.6 Å². The molecular weight excluding hydrogens is 320 g/mol. The van der Waals surface area contributed by atoms with Crippen molar-refractivity contribution < 1.29 is 19.1 Å². The predicted octanol–water partition coefficient (Wildman–Crippen LogP) is 2.04. The standard InChI is InChI=1S/C19H26N2O4/c1-13(2)17(21-18(23)14-8-4-3-5-9-14)19(24)25-12-16(22)20-15-10-6-7-11-15/h3-5,8-9,13,15,17H,6-7,10-12H2,1-2H3,(H,20,22)(H,21,23)/t17-/m1/s1. The minimum atomic E-state index is -0.799. The van der Waals surface area contributed by atoms with Crippen LogP contribution in [0.3, 0.4) is 0 Å². The smallest absolute Gasteiger partial charge is 0.329 e. The Balaban J connectivity index is 1.85. The summed E-state index contributed by atoms with van der Waals surface area (Å²) in [5.74, 6) is -1.39. The molecule has 2 amide bonds. The van der Waals surface area contributed by atoms with Gasteiger partial charge in [0.15, 0.2) is 6.61 Å². The third-order valence-corrected chi connectivity index (χ3v) is 4.31. The van der Waals surface area contributed by atoms with Crippen molar-refractivity contribution >= 4 is 17.8 Å². The fraction of sp³-hybridized carbons (Fsp3) is 0.526. The highest BCUT2D eigenvalue weighted by atomic mass is 16.5. The van der Waals surface area contributed by atoms with Crippen molar-refractivity contribution in [3.63, 3.8) is 0 Å². The first-order chi connectivity index (χ1) is 12.0. The Kier molecular flexibility index (Phi) is 6.98. The molecule has 1 aromatic carbocycles. The van der Waals surface area contributed by atoms with E-state index in [1.54, 1.807) is 24.3 Å². The molecule has 25 heavy (non-hydrogen) atoms. The van der Waals surface area contributed by atoms with E-state index in [0.29, 0.717) is 5.56 Å². The molecule has 1 aromatic rings. The topological polar surface area (TPSA) is 84.5 Å². The molecule has 0 spiro atoms. The maximum atomic E-state index is 12.3. The van der Waals surface area contributed by atoms with Gasteiger partial charge in [-0.3, -0.25) is 9.59 Å². The first kappa shape index (κ1) is 19.0. The number of rotatable bonds is 7. The van der Waals surface area contributed by atoms with Crippen molar-refractivity contribution in [1.29, 1.82) is 0 Å². The summed E-state index contributed by atoms with van der Waals surface area (Å²) in [6, 6.07) is 8.06. The number of nitrogens with one attached hydrogen (secondary N) is 2. The second kappa shape index (κ2) is 9.20. The molecule has 0 heterocycles. The molecule has 0 aromatic heterocycles. The lowest BCUT2D eigenvalue weighted by Gasteiger charge is -2.21. The number of benzene rings is 1. The Labute approximate surface area is 148 Å². The first-order valence-electron chi connectivity index (χ1n) is 8.79. The van der Waals surface area contributed by atoms with Gasteiger partial charge in [-0.2, -0.15) is 0 Å². The lowest BCUT2D eigenvalue weighted by atomic mass is 10.0. The van der Waals surface area contributed by atoms with Crippen molar-refractivity contribution in [2.24, 2.45) is 5.92 Å². The van der Waals surface area contributed by atoms with Crippen LogP contribution in [0.15, 0.2) is 30.3 Å². The van der Waals surface area contributed by atoms with Gasteiger partial charge in [0, 0.05) is 11.6 Å². The second-order valence-electron chi connectivity index (χ2n) is 6.72. The average molecular weight is 346 g/mol. The van der Waals surface area contributed by atoms with Crippen molar-refractivity contribution in [2.45, 2.75) is 51.6 Å². The number of carbonyl (C=O) groups is 3. The molecule has 1 saturated carbocycles.